The molecule has 0 saturated carbocycles. The molecule has 0 aliphatic carbocycles. The van der Waals surface area contributed by atoms with Crippen molar-refractivity contribution in [1.82, 2.24) is 4.90 Å². The van der Waals surface area contributed by atoms with Crippen LogP contribution in [0.4, 0.5) is 5.69 Å². The van der Waals surface area contributed by atoms with Gasteiger partial charge in [0, 0.05) is 25.7 Å². The largest absolute Gasteiger partial charge is 0.338 e. The molecule has 1 N–H and O–H groups in total. The van der Waals surface area contributed by atoms with Crippen LogP contribution in [0.5, 0.6) is 0 Å². The number of carbonyl (C=O) groups is 2. The highest BCUT2D eigenvalue weighted by molar-refractivity contribution is 5.99. The topological polar surface area (TPSA) is 49.4 Å². The molecule has 0 aromatic heterocycles. The predicted octanol–water partition coefficient (Wildman–Crippen LogP) is 1.72. The first-order valence-electron chi connectivity index (χ1n) is 5.91. The fourth-order valence-electron chi connectivity index (χ4n) is 2.15. The molecule has 0 atom stereocenters. The third-order valence-electron chi connectivity index (χ3n) is 3.16. The van der Waals surface area contributed by atoms with Crippen LogP contribution in [0.15, 0.2) is 30.9 Å². The van der Waals surface area contributed by atoms with E-state index < -0.39 is 0 Å². The Morgan fingerprint density at radius 1 is 1.44 bits per heavy atom. The third-order valence-corrected chi connectivity index (χ3v) is 3.16. The molecule has 0 radical (unpaired) electrons. The number of hydrogen-bond acceptors (Lipinski definition) is 2. The molecule has 1 aliphatic heterocycles. The Balaban J connectivity index is 2.31. The van der Waals surface area contributed by atoms with Crippen molar-refractivity contribution in [3.05, 3.63) is 42.0 Å². The van der Waals surface area contributed by atoms with Crippen molar-refractivity contribution in [2.24, 2.45) is 0 Å². The minimum atomic E-state index is -0.233. The summed E-state index contributed by atoms with van der Waals surface area (Å²) in [6.45, 7) is 6.29. The average Bonchev–Trinajstić information content (AvgIpc) is 2.38. The number of fused-ring (bicyclic) bond motifs is 1. The van der Waals surface area contributed by atoms with Crippen molar-refractivity contribution < 1.29 is 9.59 Å². The number of nitrogens with zero attached hydrogens (tertiary/aromatic N) is 1. The van der Waals surface area contributed by atoms with Gasteiger partial charge < -0.3 is 10.2 Å². The highest BCUT2D eigenvalue weighted by Crippen LogP contribution is 2.26. The molecule has 0 saturated heterocycles. The zero-order chi connectivity index (χ0) is 13.1. The first kappa shape index (κ1) is 12.4. The van der Waals surface area contributed by atoms with Gasteiger partial charge >= 0.3 is 0 Å². The van der Waals surface area contributed by atoms with Gasteiger partial charge in [-0.1, -0.05) is 18.7 Å². The van der Waals surface area contributed by atoms with Gasteiger partial charge in [-0.15, -0.1) is 0 Å². The Hall–Kier alpha value is -2.10. The predicted molar refractivity (Wildman–Crippen MR) is 70.1 cm³/mol. The summed E-state index contributed by atoms with van der Waals surface area (Å²) in [5.74, 6) is -0.172. The first-order chi connectivity index (χ1) is 8.61. The van der Waals surface area contributed by atoms with Crippen LogP contribution in [-0.2, 0) is 22.6 Å². The fraction of sp³-hybridized carbons (Fsp3) is 0.286. The lowest BCUT2D eigenvalue weighted by Crippen LogP contribution is -2.34. The lowest BCUT2D eigenvalue weighted by Gasteiger charge is -2.29. The molecule has 0 fully saturated rings. The number of anilines is 1. The van der Waals surface area contributed by atoms with E-state index in [1.54, 1.807) is 11.8 Å². The van der Waals surface area contributed by atoms with Crippen molar-refractivity contribution in [2.45, 2.75) is 19.9 Å². The summed E-state index contributed by atoms with van der Waals surface area (Å²) in [6, 6.07) is 5.81. The zero-order valence-corrected chi connectivity index (χ0v) is 10.4. The Kier molecular flexibility index (Phi) is 3.46. The van der Waals surface area contributed by atoms with E-state index in [1.807, 2.05) is 18.2 Å². The van der Waals surface area contributed by atoms with Gasteiger partial charge in [0.05, 0.1) is 0 Å². The maximum atomic E-state index is 11.4. The van der Waals surface area contributed by atoms with E-state index in [2.05, 4.69) is 11.9 Å². The van der Waals surface area contributed by atoms with Crippen LogP contribution in [0.3, 0.4) is 0 Å². The van der Waals surface area contributed by atoms with Gasteiger partial charge in [0.15, 0.2) is 0 Å². The van der Waals surface area contributed by atoms with Crippen LogP contribution >= 0.6 is 0 Å². The molecule has 1 heterocycles. The van der Waals surface area contributed by atoms with Gasteiger partial charge in [0.2, 0.25) is 11.8 Å². The van der Waals surface area contributed by atoms with E-state index in [1.165, 1.54) is 11.6 Å². The molecule has 1 aromatic carbocycles. The van der Waals surface area contributed by atoms with E-state index in [-0.39, 0.29) is 11.8 Å². The highest BCUT2D eigenvalue weighted by Gasteiger charge is 2.20. The molecule has 18 heavy (non-hydrogen) atoms. The quantitative estimate of drug-likeness (QED) is 0.805. The van der Waals surface area contributed by atoms with Gasteiger partial charge in [0.25, 0.3) is 0 Å². The Bertz CT molecular complexity index is 509. The molecule has 0 bridgehead atoms. The Labute approximate surface area is 106 Å². The Morgan fingerprint density at radius 3 is 2.89 bits per heavy atom. The van der Waals surface area contributed by atoms with Crippen LogP contribution in [0.2, 0.25) is 0 Å². The molecule has 1 aromatic rings. The smallest absolute Gasteiger partial charge is 0.247 e. The van der Waals surface area contributed by atoms with Crippen LogP contribution in [-0.4, -0.2) is 23.3 Å². The number of amides is 2. The van der Waals surface area contributed by atoms with Crippen molar-refractivity contribution in [2.75, 3.05) is 11.9 Å². The van der Waals surface area contributed by atoms with E-state index in [9.17, 15) is 9.59 Å². The maximum Gasteiger partial charge on any atom is 0.247 e. The number of rotatable bonds is 2. The standard InChI is InChI=1S/C14H16N2O2/c1-3-14(18)15-13-6-4-5-11-7-8-16(10(2)17)9-12(11)13/h3-6H,1,7-9H2,2H3,(H,15,18). The molecular formula is C14H16N2O2. The maximum absolute atomic E-state index is 11.4. The van der Waals surface area contributed by atoms with Crippen molar-refractivity contribution in [1.29, 1.82) is 0 Å². The second kappa shape index (κ2) is 5.04. The summed E-state index contributed by atoms with van der Waals surface area (Å²) in [7, 11) is 0. The highest BCUT2D eigenvalue weighted by atomic mass is 16.2. The lowest BCUT2D eigenvalue weighted by atomic mass is 9.98. The molecule has 0 spiro atoms. The van der Waals surface area contributed by atoms with Crippen LogP contribution in [0, 0.1) is 0 Å². The van der Waals surface area contributed by atoms with Crippen LogP contribution in [0.1, 0.15) is 18.1 Å². The summed E-state index contributed by atoms with van der Waals surface area (Å²) in [4.78, 5) is 24.6. The second-order valence-corrected chi connectivity index (χ2v) is 4.33. The summed E-state index contributed by atoms with van der Waals surface area (Å²) >= 11 is 0. The lowest BCUT2D eigenvalue weighted by molar-refractivity contribution is -0.129. The van der Waals surface area contributed by atoms with Crippen molar-refractivity contribution in [3.63, 3.8) is 0 Å². The summed E-state index contributed by atoms with van der Waals surface area (Å²) in [5.41, 5.74) is 2.98. The van der Waals surface area contributed by atoms with E-state index in [0.29, 0.717) is 6.54 Å². The Morgan fingerprint density at radius 2 is 2.22 bits per heavy atom. The number of benzene rings is 1. The summed E-state index contributed by atoms with van der Waals surface area (Å²) in [5, 5.41) is 2.78. The van der Waals surface area contributed by atoms with Gasteiger partial charge in [-0.05, 0) is 29.7 Å². The average molecular weight is 244 g/mol. The fourth-order valence-corrected chi connectivity index (χ4v) is 2.15. The number of hydrogen-bond donors (Lipinski definition) is 1. The molecule has 1 aliphatic rings. The number of carbonyl (C=O) groups excluding carboxylic acids is 2. The minimum Gasteiger partial charge on any atom is -0.338 e. The summed E-state index contributed by atoms with van der Waals surface area (Å²) in [6.07, 6.45) is 2.07. The van der Waals surface area contributed by atoms with E-state index in [0.717, 1.165) is 24.2 Å². The first-order valence-corrected chi connectivity index (χ1v) is 5.91. The van der Waals surface area contributed by atoms with Crippen LogP contribution in [0.25, 0.3) is 0 Å². The van der Waals surface area contributed by atoms with Crippen LogP contribution < -0.4 is 5.32 Å². The van der Waals surface area contributed by atoms with Crippen molar-refractivity contribution >= 4 is 17.5 Å². The van der Waals surface area contributed by atoms with Gasteiger partial charge in [-0.3, -0.25) is 9.59 Å². The zero-order valence-electron chi connectivity index (χ0n) is 10.4. The molecule has 0 unspecified atom stereocenters. The molecule has 2 rings (SSSR count). The summed E-state index contributed by atoms with van der Waals surface area (Å²) < 4.78 is 0. The van der Waals surface area contributed by atoms with E-state index in [4.69, 9.17) is 0 Å². The molecule has 94 valence electrons. The normalized spacial score (nSPS) is 13.7. The molecule has 2 amide bonds. The molecular weight excluding hydrogens is 228 g/mol. The van der Waals surface area contributed by atoms with Crippen molar-refractivity contribution in [3.8, 4) is 0 Å². The third kappa shape index (κ3) is 2.42. The molecule has 4 nitrogen and oxygen atoms in total. The SMILES string of the molecule is C=CC(=O)Nc1cccc2c1CN(C(C)=O)CC2. The minimum absolute atomic E-state index is 0.0606. The van der Waals surface area contributed by atoms with Gasteiger partial charge in [-0.25, -0.2) is 0 Å². The molecule has 4 heteroatoms. The number of nitrogens with one attached hydrogen (secondary N) is 1. The van der Waals surface area contributed by atoms with E-state index >= 15 is 0 Å². The monoisotopic (exact) mass is 244 g/mol. The van der Waals surface area contributed by atoms with Gasteiger partial charge in [-0.2, -0.15) is 0 Å². The van der Waals surface area contributed by atoms with Gasteiger partial charge in [0.1, 0.15) is 0 Å². The second-order valence-electron chi connectivity index (χ2n) is 4.33.